The summed E-state index contributed by atoms with van der Waals surface area (Å²) in [6, 6.07) is 0. The normalized spacial score (nSPS) is 12.3. The van der Waals surface area contributed by atoms with E-state index >= 15 is 0 Å². The molecular formula is C8H5ClF5N. The van der Waals surface area contributed by atoms with Gasteiger partial charge in [-0.2, -0.15) is 13.2 Å². The SMILES string of the molecule is Cc1c(C(F)(F)F)cnc(C(F)F)c1Cl. The van der Waals surface area contributed by atoms with Crippen molar-refractivity contribution in [2.75, 3.05) is 0 Å². The lowest BCUT2D eigenvalue weighted by molar-refractivity contribution is -0.138. The average molecular weight is 246 g/mol. The van der Waals surface area contributed by atoms with Gasteiger partial charge in [0.2, 0.25) is 0 Å². The molecule has 0 N–H and O–H groups in total. The third kappa shape index (κ3) is 2.37. The van der Waals surface area contributed by atoms with Crippen LogP contribution in [0.5, 0.6) is 0 Å². The first-order valence-corrected chi connectivity index (χ1v) is 4.13. The molecule has 0 spiro atoms. The average Bonchev–Trinajstić information content (AvgIpc) is 2.06. The van der Waals surface area contributed by atoms with Crippen LogP contribution in [0.2, 0.25) is 5.02 Å². The van der Waals surface area contributed by atoms with Gasteiger partial charge in [0.05, 0.1) is 10.6 Å². The second-order valence-corrected chi connectivity index (χ2v) is 3.17. The standard InChI is InChI=1S/C8H5ClF5N/c1-3-4(8(12,13)14)2-15-6(5(3)9)7(10)11/h2,7H,1H3. The fourth-order valence-corrected chi connectivity index (χ4v) is 1.27. The van der Waals surface area contributed by atoms with Crippen molar-refractivity contribution in [1.82, 2.24) is 4.98 Å². The Kier molecular flexibility index (Phi) is 3.18. The lowest BCUT2D eigenvalue weighted by Crippen LogP contribution is -2.10. The summed E-state index contributed by atoms with van der Waals surface area (Å²) in [5, 5.41) is -0.639. The Morgan fingerprint density at radius 2 is 1.87 bits per heavy atom. The maximum atomic E-state index is 12.3. The number of alkyl halides is 5. The Labute approximate surface area is 86.9 Å². The monoisotopic (exact) mass is 245 g/mol. The molecular weight excluding hydrogens is 241 g/mol. The number of nitrogens with zero attached hydrogens (tertiary/aromatic N) is 1. The summed E-state index contributed by atoms with van der Waals surface area (Å²) in [4.78, 5) is 3.00. The largest absolute Gasteiger partial charge is 0.418 e. The van der Waals surface area contributed by atoms with Gasteiger partial charge in [0.1, 0.15) is 5.69 Å². The molecule has 0 saturated carbocycles. The minimum atomic E-state index is -4.64. The van der Waals surface area contributed by atoms with E-state index in [-0.39, 0.29) is 0 Å². The van der Waals surface area contributed by atoms with Gasteiger partial charge in [-0.25, -0.2) is 8.78 Å². The van der Waals surface area contributed by atoms with Crippen LogP contribution in [0.4, 0.5) is 22.0 Å². The number of halogens is 6. The van der Waals surface area contributed by atoms with Crippen LogP contribution in [0.1, 0.15) is 23.2 Å². The van der Waals surface area contributed by atoms with Gasteiger partial charge >= 0.3 is 6.18 Å². The topological polar surface area (TPSA) is 12.9 Å². The van der Waals surface area contributed by atoms with Crippen LogP contribution < -0.4 is 0 Å². The highest BCUT2D eigenvalue weighted by Gasteiger charge is 2.34. The molecule has 0 unspecified atom stereocenters. The third-order valence-electron chi connectivity index (χ3n) is 1.80. The molecule has 15 heavy (non-hydrogen) atoms. The van der Waals surface area contributed by atoms with Crippen LogP contribution in [0.3, 0.4) is 0 Å². The van der Waals surface area contributed by atoms with Gasteiger partial charge in [-0.15, -0.1) is 0 Å². The zero-order chi connectivity index (χ0) is 11.8. The Morgan fingerprint density at radius 3 is 2.27 bits per heavy atom. The summed E-state index contributed by atoms with van der Waals surface area (Å²) in [5.41, 5.74) is -2.37. The molecule has 1 nitrogen and oxygen atoms in total. The van der Waals surface area contributed by atoms with Gasteiger partial charge in [0, 0.05) is 6.20 Å². The van der Waals surface area contributed by atoms with Gasteiger partial charge in [-0.1, -0.05) is 11.6 Å². The molecule has 0 amide bonds. The van der Waals surface area contributed by atoms with Crippen LogP contribution in [-0.4, -0.2) is 4.98 Å². The molecule has 0 fully saturated rings. The van der Waals surface area contributed by atoms with Crippen molar-refractivity contribution in [2.24, 2.45) is 0 Å². The van der Waals surface area contributed by atoms with Crippen molar-refractivity contribution < 1.29 is 22.0 Å². The first kappa shape index (κ1) is 12.2. The lowest BCUT2D eigenvalue weighted by atomic mass is 10.1. The molecule has 0 atom stereocenters. The molecule has 1 aromatic rings. The highest BCUT2D eigenvalue weighted by atomic mass is 35.5. The molecule has 0 saturated heterocycles. The minimum Gasteiger partial charge on any atom is -0.253 e. The maximum Gasteiger partial charge on any atom is 0.418 e. The highest BCUT2D eigenvalue weighted by Crippen LogP contribution is 2.36. The molecule has 84 valence electrons. The predicted molar refractivity (Wildman–Crippen MR) is 43.9 cm³/mol. The van der Waals surface area contributed by atoms with E-state index in [0.717, 1.165) is 6.92 Å². The van der Waals surface area contributed by atoms with Crippen molar-refractivity contribution in [2.45, 2.75) is 19.5 Å². The molecule has 1 heterocycles. The molecule has 0 bridgehead atoms. The van der Waals surface area contributed by atoms with E-state index in [9.17, 15) is 22.0 Å². The third-order valence-corrected chi connectivity index (χ3v) is 2.28. The number of aromatic nitrogens is 1. The van der Waals surface area contributed by atoms with E-state index in [1.165, 1.54) is 0 Å². The van der Waals surface area contributed by atoms with Crippen molar-refractivity contribution >= 4 is 11.6 Å². The summed E-state index contributed by atoms with van der Waals surface area (Å²) in [6.07, 6.45) is -7.26. The zero-order valence-corrected chi connectivity index (χ0v) is 8.13. The molecule has 1 rings (SSSR count). The van der Waals surface area contributed by atoms with Gasteiger partial charge in [-0.05, 0) is 12.5 Å². The van der Waals surface area contributed by atoms with Gasteiger partial charge in [0.15, 0.2) is 0 Å². The van der Waals surface area contributed by atoms with Crippen molar-refractivity contribution in [3.63, 3.8) is 0 Å². The number of rotatable bonds is 1. The van der Waals surface area contributed by atoms with Crippen molar-refractivity contribution in [3.05, 3.63) is 28.0 Å². The smallest absolute Gasteiger partial charge is 0.253 e. The molecule has 0 aromatic carbocycles. The number of hydrogen-bond acceptors (Lipinski definition) is 1. The molecule has 0 aliphatic carbocycles. The Balaban J connectivity index is 3.34. The second kappa shape index (κ2) is 3.92. The van der Waals surface area contributed by atoms with E-state index in [1.54, 1.807) is 0 Å². The van der Waals surface area contributed by atoms with Crippen LogP contribution in [0.15, 0.2) is 6.20 Å². The summed E-state index contributed by atoms with van der Waals surface area (Å²) < 4.78 is 61.2. The summed E-state index contributed by atoms with van der Waals surface area (Å²) in [6.45, 7) is 1.03. The van der Waals surface area contributed by atoms with Crippen LogP contribution >= 0.6 is 11.6 Å². The fourth-order valence-electron chi connectivity index (χ4n) is 1.04. The van der Waals surface area contributed by atoms with E-state index in [0.29, 0.717) is 6.20 Å². The Hall–Kier alpha value is -0.910. The second-order valence-electron chi connectivity index (χ2n) is 2.79. The summed E-state index contributed by atoms with van der Waals surface area (Å²) in [7, 11) is 0. The van der Waals surface area contributed by atoms with Crippen molar-refractivity contribution in [3.8, 4) is 0 Å². The lowest BCUT2D eigenvalue weighted by Gasteiger charge is -2.12. The van der Waals surface area contributed by atoms with Gasteiger partial charge in [0.25, 0.3) is 6.43 Å². The molecule has 0 aliphatic rings. The molecule has 7 heteroatoms. The minimum absolute atomic E-state index is 0.364. The summed E-state index contributed by atoms with van der Waals surface area (Å²) >= 11 is 5.36. The maximum absolute atomic E-state index is 12.3. The number of hydrogen-bond donors (Lipinski definition) is 0. The van der Waals surface area contributed by atoms with Crippen LogP contribution in [0.25, 0.3) is 0 Å². The molecule has 1 aromatic heterocycles. The highest BCUT2D eigenvalue weighted by molar-refractivity contribution is 6.32. The van der Waals surface area contributed by atoms with Gasteiger partial charge < -0.3 is 0 Å². The quantitative estimate of drug-likeness (QED) is 0.682. The van der Waals surface area contributed by atoms with E-state index in [4.69, 9.17) is 11.6 Å². The fraction of sp³-hybridized carbons (Fsp3) is 0.375. The Bertz CT molecular complexity index is 374. The van der Waals surface area contributed by atoms with E-state index in [1.807, 2.05) is 0 Å². The van der Waals surface area contributed by atoms with Crippen LogP contribution in [0, 0.1) is 6.92 Å². The van der Waals surface area contributed by atoms with E-state index < -0.39 is 34.4 Å². The summed E-state index contributed by atoms with van der Waals surface area (Å²) in [5.74, 6) is 0. The van der Waals surface area contributed by atoms with Crippen molar-refractivity contribution in [1.29, 1.82) is 0 Å². The first-order valence-electron chi connectivity index (χ1n) is 3.75. The van der Waals surface area contributed by atoms with Gasteiger partial charge in [-0.3, -0.25) is 4.98 Å². The molecule has 0 radical (unpaired) electrons. The first-order chi connectivity index (χ1) is 6.75. The zero-order valence-electron chi connectivity index (χ0n) is 7.37. The van der Waals surface area contributed by atoms with Crippen LogP contribution in [-0.2, 0) is 6.18 Å². The predicted octanol–water partition coefficient (Wildman–Crippen LogP) is 4.00. The number of pyridine rings is 1. The van der Waals surface area contributed by atoms with E-state index in [2.05, 4.69) is 4.98 Å². The molecule has 0 aliphatic heterocycles. The Morgan fingerprint density at radius 1 is 1.33 bits per heavy atom.